The highest BCUT2D eigenvalue weighted by Gasteiger charge is 1.98. The molecule has 0 aliphatic rings. The number of nitrogens with two attached hydrogens (primary N) is 2. The largest absolute Gasteiger partial charge is 0.399 e. The summed E-state index contributed by atoms with van der Waals surface area (Å²) in [5.41, 5.74) is 5.77. The standard InChI is InChI=1S/C29H61N3O12/c1-2-3-5-34-7-9-36-11-13-38-15-17-40-19-21-42-23-25-44-26-24-43-22-20-41-18-16-39-14-12-37-10-8-35-6-4-32(31)27-29(30)28-33/h27,33H,2-26,28,30-31H2,1H3/b29-27-. The zero-order valence-electron chi connectivity index (χ0n) is 27.0. The molecular formula is C29H61N3O12. The monoisotopic (exact) mass is 643 g/mol. The maximum Gasteiger partial charge on any atom is 0.0840 e. The molecule has 264 valence electrons. The van der Waals surface area contributed by atoms with Gasteiger partial charge in [0, 0.05) is 12.8 Å². The summed E-state index contributed by atoms with van der Waals surface area (Å²) >= 11 is 0. The zero-order chi connectivity index (χ0) is 32.0. The number of nitrogens with zero attached hydrogens (tertiary/aromatic N) is 1. The van der Waals surface area contributed by atoms with Crippen molar-refractivity contribution in [3.8, 4) is 0 Å². The molecule has 0 heterocycles. The lowest BCUT2D eigenvalue weighted by molar-refractivity contribution is -0.0276. The molecule has 0 aromatic rings. The second-order valence-electron chi connectivity index (χ2n) is 9.19. The highest BCUT2D eigenvalue weighted by atomic mass is 16.6. The molecule has 44 heavy (non-hydrogen) atoms. The topological polar surface area (TPSA) is 177 Å². The molecule has 0 atom stereocenters. The molecule has 0 saturated heterocycles. The third kappa shape index (κ3) is 37.0. The lowest BCUT2D eigenvalue weighted by Gasteiger charge is -2.14. The highest BCUT2D eigenvalue weighted by Crippen LogP contribution is 1.90. The van der Waals surface area contributed by atoms with Gasteiger partial charge in [-0.3, -0.25) is 0 Å². The Morgan fingerprint density at radius 3 is 0.977 bits per heavy atom. The van der Waals surface area contributed by atoms with Crippen LogP contribution in [0.5, 0.6) is 0 Å². The number of hydrazine groups is 1. The Kier molecular flexibility index (Phi) is 37.0. The van der Waals surface area contributed by atoms with Crippen molar-refractivity contribution in [1.29, 1.82) is 0 Å². The molecule has 0 fully saturated rings. The van der Waals surface area contributed by atoms with E-state index in [2.05, 4.69) is 6.92 Å². The van der Waals surface area contributed by atoms with Gasteiger partial charge in [-0.25, -0.2) is 5.84 Å². The van der Waals surface area contributed by atoms with Crippen LogP contribution in [0.3, 0.4) is 0 Å². The van der Waals surface area contributed by atoms with E-state index in [9.17, 15) is 0 Å². The van der Waals surface area contributed by atoms with Crippen LogP contribution in [0.1, 0.15) is 19.8 Å². The molecule has 0 aliphatic heterocycles. The van der Waals surface area contributed by atoms with Gasteiger partial charge < -0.3 is 68.0 Å². The molecule has 0 rings (SSSR count). The predicted octanol–water partition coefficient (Wildman–Crippen LogP) is -0.0628. The summed E-state index contributed by atoms with van der Waals surface area (Å²) in [7, 11) is 0. The van der Waals surface area contributed by atoms with Gasteiger partial charge >= 0.3 is 0 Å². The number of hydrogen-bond acceptors (Lipinski definition) is 15. The van der Waals surface area contributed by atoms with Crippen molar-refractivity contribution in [3.63, 3.8) is 0 Å². The SMILES string of the molecule is CCCCOCCOCCOCCOCCOCCOCCOCCOCCOCCOCCOCCN(N)/C=C(\N)CO. The molecule has 0 saturated carbocycles. The van der Waals surface area contributed by atoms with Crippen molar-refractivity contribution in [2.45, 2.75) is 19.8 Å². The molecule has 0 unspecified atom stereocenters. The van der Waals surface area contributed by atoms with Crippen LogP contribution in [0.25, 0.3) is 0 Å². The minimum atomic E-state index is -0.233. The predicted molar refractivity (Wildman–Crippen MR) is 164 cm³/mol. The average Bonchev–Trinajstić information content (AvgIpc) is 3.02. The first-order valence-corrected chi connectivity index (χ1v) is 15.6. The Bertz CT molecular complexity index is 582. The first kappa shape index (κ1) is 42.8. The van der Waals surface area contributed by atoms with E-state index in [1.54, 1.807) is 0 Å². The molecule has 0 spiro atoms. The third-order valence-electron chi connectivity index (χ3n) is 5.37. The van der Waals surface area contributed by atoms with E-state index in [0.717, 1.165) is 19.4 Å². The fraction of sp³-hybridized carbons (Fsp3) is 0.931. The van der Waals surface area contributed by atoms with Crippen LogP contribution >= 0.6 is 0 Å². The fourth-order valence-corrected chi connectivity index (χ4v) is 3.04. The second kappa shape index (κ2) is 38.0. The summed E-state index contributed by atoms with van der Waals surface area (Å²) in [5.74, 6) is 5.67. The maximum atomic E-state index is 8.82. The van der Waals surface area contributed by atoms with Crippen molar-refractivity contribution < 1.29 is 57.2 Å². The van der Waals surface area contributed by atoms with Gasteiger partial charge in [-0.15, -0.1) is 0 Å². The number of aliphatic hydroxyl groups is 1. The van der Waals surface area contributed by atoms with Gasteiger partial charge in [0.2, 0.25) is 0 Å². The van der Waals surface area contributed by atoms with Crippen molar-refractivity contribution in [3.05, 3.63) is 11.9 Å². The van der Waals surface area contributed by atoms with Crippen LogP contribution in [-0.4, -0.2) is 169 Å². The van der Waals surface area contributed by atoms with E-state index < -0.39 is 0 Å². The van der Waals surface area contributed by atoms with Gasteiger partial charge in [-0.2, -0.15) is 0 Å². The number of ether oxygens (including phenoxy) is 11. The molecule has 0 amide bonds. The Morgan fingerprint density at radius 1 is 0.477 bits per heavy atom. The van der Waals surface area contributed by atoms with E-state index >= 15 is 0 Å². The van der Waals surface area contributed by atoms with Crippen LogP contribution in [0.4, 0.5) is 0 Å². The lowest BCUT2D eigenvalue weighted by atomic mass is 10.4. The zero-order valence-corrected chi connectivity index (χ0v) is 27.0. The van der Waals surface area contributed by atoms with Crippen molar-refractivity contribution >= 4 is 0 Å². The highest BCUT2D eigenvalue weighted by molar-refractivity contribution is 4.94. The number of rotatable bonds is 38. The summed E-state index contributed by atoms with van der Waals surface area (Å²) in [5, 5.41) is 10.2. The summed E-state index contributed by atoms with van der Waals surface area (Å²) < 4.78 is 59.9. The molecule has 5 N–H and O–H groups in total. The summed E-state index contributed by atoms with van der Waals surface area (Å²) in [6.07, 6.45) is 3.70. The van der Waals surface area contributed by atoms with Crippen LogP contribution < -0.4 is 11.6 Å². The number of hydrogen-bond donors (Lipinski definition) is 3. The van der Waals surface area contributed by atoms with E-state index in [1.165, 1.54) is 11.2 Å². The lowest BCUT2D eigenvalue weighted by Crippen LogP contribution is -2.30. The molecule has 0 radical (unpaired) electrons. The molecular weight excluding hydrogens is 582 g/mol. The minimum Gasteiger partial charge on any atom is -0.399 e. The third-order valence-corrected chi connectivity index (χ3v) is 5.37. The van der Waals surface area contributed by atoms with E-state index in [1.807, 2.05) is 0 Å². The molecule has 15 heteroatoms. The number of unbranched alkanes of at least 4 members (excludes halogenated alkanes) is 1. The van der Waals surface area contributed by atoms with E-state index in [-0.39, 0.29) is 6.61 Å². The molecule has 0 bridgehead atoms. The summed E-state index contributed by atoms with van der Waals surface area (Å²) in [6.45, 7) is 13.9. The van der Waals surface area contributed by atoms with Gasteiger partial charge in [0.15, 0.2) is 0 Å². The Morgan fingerprint density at radius 2 is 0.727 bits per heavy atom. The Labute approximate surface area is 264 Å². The van der Waals surface area contributed by atoms with Gasteiger partial charge in [-0.1, -0.05) is 13.3 Å². The van der Waals surface area contributed by atoms with Crippen molar-refractivity contribution in [2.75, 3.05) is 159 Å². The molecule has 0 aliphatic carbocycles. The van der Waals surface area contributed by atoms with Crippen molar-refractivity contribution in [1.82, 2.24) is 5.01 Å². The normalized spacial score (nSPS) is 11.9. The maximum absolute atomic E-state index is 8.82. The number of aliphatic hydroxyl groups excluding tert-OH is 1. The van der Waals surface area contributed by atoms with Gasteiger partial charge in [0.25, 0.3) is 0 Å². The molecule has 15 nitrogen and oxygen atoms in total. The van der Waals surface area contributed by atoms with Gasteiger partial charge in [0.1, 0.15) is 0 Å². The van der Waals surface area contributed by atoms with Gasteiger partial charge in [0.05, 0.1) is 158 Å². The van der Waals surface area contributed by atoms with Crippen LogP contribution in [0.15, 0.2) is 11.9 Å². The Hall–Kier alpha value is -1.18. The van der Waals surface area contributed by atoms with Gasteiger partial charge in [-0.05, 0) is 6.42 Å². The quantitative estimate of drug-likeness (QED) is 0.0463. The molecule has 0 aromatic heterocycles. The first-order valence-electron chi connectivity index (χ1n) is 15.6. The van der Waals surface area contributed by atoms with Crippen LogP contribution in [-0.2, 0) is 52.1 Å². The first-order chi connectivity index (χ1) is 21.7. The van der Waals surface area contributed by atoms with Crippen molar-refractivity contribution in [2.24, 2.45) is 11.6 Å². The average molecular weight is 644 g/mol. The van der Waals surface area contributed by atoms with E-state index in [4.69, 9.17) is 68.8 Å². The Balaban J connectivity index is 3.09. The summed E-state index contributed by atoms with van der Waals surface area (Å²) in [4.78, 5) is 0. The minimum absolute atomic E-state index is 0.233. The van der Waals surface area contributed by atoms with Crippen LogP contribution in [0.2, 0.25) is 0 Å². The second-order valence-corrected chi connectivity index (χ2v) is 9.19. The van der Waals surface area contributed by atoms with E-state index in [0.29, 0.717) is 151 Å². The van der Waals surface area contributed by atoms with Crippen LogP contribution in [0, 0.1) is 0 Å². The summed E-state index contributed by atoms with van der Waals surface area (Å²) in [6, 6.07) is 0. The molecule has 0 aromatic carbocycles. The smallest absolute Gasteiger partial charge is 0.0840 e. The fourth-order valence-electron chi connectivity index (χ4n) is 3.04.